The van der Waals surface area contributed by atoms with Crippen LogP contribution in [0.4, 0.5) is 4.79 Å². The highest BCUT2D eigenvalue weighted by atomic mass is 16.7. The van der Waals surface area contributed by atoms with Gasteiger partial charge in [-0.2, -0.15) is 0 Å². The van der Waals surface area contributed by atoms with Crippen LogP contribution < -0.4 is 9.47 Å². The Bertz CT molecular complexity index is 742. The number of hydrogen-bond acceptors (Lipinski definition) is 4. The number of hydrogen-bond donors (Lipinski definition) is 0. The molecular weight excluding hydrogens is 306 g/mol. The zero-order chi connectivity index (χ0) is 16.9. The summed E-state index contributed by atoms with van der Waals surface area (Å²) in [5.74, 6) is 1.34. The first-order valence-electron chi connectivity index (χ1n) is 7.76. The first-order valence-corrected chi connectivity index (χ1v) is 7.76. The Hall–Kier alpha value is -2.95. The Labute approximate surface area is 141 Å². The van der Waals surface area contributed by atoms with E-state index in [1.165, 1.54) is 4.90 Å². The van der Waals surface area contributed by atoms with Gasteiger partial charge in [0.2, 0.25) is 6.79 Å². The summed E-state index contributed by atoms with van der Waals surface area (Å²) >= 11 is 0. The zero-order valence-corrected chi connectivity index (χ0v) is 13.5. The molecule has 0 spiro atoms. The fourth-order valence-electron chi connectivity index (χ4n) is 2.47. The van der Waals surface area contributed by atoms with Gasteiger partial charge in [0, 0.05) is 11.3 Å². The number of benzene rings is 2. The molecule has 1 aliphatic heterocycles. The van der Waals surface area contributed by atoms with E-state index in [9.17, 15) is 4.79 Å². The minimum Gasteiger partial charge on any atom is -0.454 e. The van der Waals surface area contributed by atoms with Gasteiger partial charge in [-0.05, 0) is 30.7 Å². The molecule has 0 saturated heterocycles. The Morgan fingerprint density at radius 2 is 1.92 bits per heavy atom. The Kier molecular flexibility index (Phi) is 4.70. The maximum absolute atomic E-state index is 12.4. The second kappa shape index (κ2) is 7.08. The monoisotopic (exact) mass is 325 g/mol. The molecule has 3 rings (SSSR count). The minimum absolute atomic E-state index is 0.205. The summed E-state index contributed by atoms with van der Waals surface area (Å²) < 4.78 is 15.9. The smallest absolute Gasteiger partial charge is 0.414 e. The van der Waals surface area contributed by atoms with Crippen LogP contribution in [0, 0.1) is 0 Å². The lowest BCUT2D eigenvalue weighted by atomic mass is 10.1. The molecule has 1 heterocycles. The SMILES string of the molecule is C=C(c1ccc2c(c1)OCO2)N(Cc1ccccc1)C(=O)OCC. The molecule has 0 unspecified atom stereocenters. The summed E-state index contributed by atoms with van der Waals surface area (Å²) in [5, 5.41) is 0. The maximum atomic E-state index is 12.4. The predicted octanol–water partition coefficient (Wildman–Crippen LogP) is 4.04. The number of carbonyl (C=O) groups is 1. The molecule has 24 heavy (non-hydrogen) atoms. The first kappa shape index (κ1) is 15.9. The molecule has 5 heteroatoms. The van der Waals surface area contributed by atoms with Gasteiger partial charge in [0.05, 0.1) is 13.2 Å². The van der Waals surface area contributed by atoms with E-state index in [2.05, 4.69) is 6.58 Å². The molecule has 5 nitrogen and oxygen atoms in total. The number of nitrogens with zero attached hydrogens (tertiary/aromatic N) is 1. The average molecular weight is 325 g/mol. The van der Waals surface area contributed by atoms with Crippen molar-refractivity contribution in [3.8, 4) is 11.5 Å². The zero-order valence-electron chi connectivity index (χ0n) is 13.5. The molecule has 0 aliphatic carbocycles. The molecule has 2 aromatic rings. The second-order valence-electron chi connectivity index (χ2n) is 5.29. The minimum atomic E-state index is -0.427. The highest BCUT2D eigenvalue weighted by Gasteiger charge is 2.22. The van der Waals surface area contributed by atoms with Crippen LogP contribution in [0.25, 0.3) is 5.70 Å². The van der Waals surface area contributed by atoms with Crippen LogP contribution in [-0.4, -0.2) is 24.4 Å². The lowest BCUT2D eigenvalue weighted by molar-refractivity contribution is 0.123. The van der Waals surface area contributed by atoms with Gasteiger partial charge >= 0.3 is 6.09 Å². The topological polar surface area (TPSA) is 48.0 Å². The van der Waals surface area contributed by atoms with Crippen LogP contribution in [0.2, 0.25) is 0 Å². The van der Waals surface area contributed by atoms with Gasteiger partial charge in [0.25, 0.3) is 0 Å². The van der Waals surface area contributed by atoms with Crippen molar-refractivity contribution in [1.82, 2.24) is 4.90 Å². The van der Waals surface area contributed by atoms with Gasteiger partial charge in [-0.3, -0.25) is 4.90 Å². The molecule has 0 atom stereocenters. The molecule has 2 aromatic carbocycles. The average Bonchev–Trinajstić information content (AvgIpc) is 3.08. The van der Waals surface area contributed by atoms with E-state index in [0.29, 0.717) is 30.3 Å². The highest BCUT2D eigenvalue weighted by molar-refractivity contribution is 5.81. The van der Waals surface area contributed by atoms with Gasteiger partial charge in [-0.25, -0.2) is 4.79 Å². The molecule has 124 valence electrons. The van der Waals surface area contributed by atoms with Crippen molar-refractivity contribution in [1.29, 1.82) is 0 Å². The molecule has 0 radical (unpaired) electrons. The summed E-state index contributed by atoms with van der Waals surface area (Å²) in [6, 6.07) is 15.2. The van der Waals surface area contributed by atoms with Crippen molar-refractivity contribution in [2.24, 2.45) is 0 Å². The van der Waals surface area contributed by atoms with Crippen molar-refractivity contribution >= 4 is 11.8 Å². The Morgan fingerprint density at radius 3 is 2.67 bits per heavy atom. The van der Waals surface area contributed by atoms with Crippen molar-refractivity contribution in [2.45, 2.75) is 13.5 Å². The molecule has 0 saturated carbocycles. The number of ether oxygens (including phenoxy) is 3. The third-order valence-electron chi connectivity index (χ3n) is 3.70. The van der Waals surface area contributed by atoms with E-state index in [1.54, 1.807) is 6.92 Å². The van der Waals surface area contributed by atoms with Gasteiger partial charge in [0.15, 0.2) is 11.5 Å². The third kappa shape index (κ3) is 3.35. The van der Waals surface area contributed by atoms with Crippen molar-refractivity contribution in [2.75, 3.05) is 13.4 Å². The van der Waals surface area contributed by atoms with Crippen molar-refractivity contribution in [3.63, 3.8) is 0 Å². The van der Waals surface area contributed by atoms with E-state index in [-0.39, 0.29) is 6.79 Å². The number of rotatable bonds is 5. The van der Waals surface area contributed by atoms with E-state index in [0.717, 1.165) is 11.1 Å². The highest BCUT2D eigenvalue weighted by Crippen LogP contribution is 2.35. The summed E-state index contributed by atoms with van der Waals surface area (Å²) in [5.41, 5.74) is 2.33. The Morgan fingerprint density at radius 1 is 1.17 bits per heavy atom. The van der Waals surface area contributed by atoms with Crippen LogP contribution in [0.3, 0.4) is 0 Å². The number of fused-ring (bicyclic) bond motifs is 1. The Balaban J connectivity index is 1.86. The van der Waals surface area contributed by atoms with Crippen LogP contribution in [0.5, 0.6) is 11.5 Å². The maximum Gasteiger partial charge on any atom is 0.414 e. The van der Waals surface area contributed by atoms with Gasteiger partial charge in [-0.1, -0.05) is 36.9 Å². The summed E-state index contributed by atoms with van der Waals surface area (Å²) in [6.45, 7) is 6.75. The second-order valence-corrected chi connectivity index (χ2v) is 5.29. The summed E-state index contributed by atoms with van der Waals surface area (Å²) in [4.78, 5) is 13.9. The van der Waals surface area contributed by atoms with E-state index < -0.39 is 6.09 Å². The standard InChI is InChI=1S/C19H19NO4/c1-3-22-19(21)20(12-15-7-5-4-6-8-15)14(2)16-9-10-17-18(11-16)24-13-23-17/h4-11H,2-3,12-13H2,1H3. The predicted molar refractivity (Wildman–Crippen MR) is 90.6 cm³/mol. The molecule has 1 amide bonds. The summed E-state index contributed by atoms with van der Waals surface area (Å²) in [6.07, 6.45) is -0.427. The van der Waals surface area contributed by atoms with E-state index >= 15 is 0 Å². The lowest BCUT2D eigenvalue weighted by Crippen LogP contribution is -2.29. The quantitative estimate of drug-likeness (QED) is 0.832. The lowest BCUT2D eigenvalue weighted by Gasteiger charge is -2.24. The summed E-state index contributed by atoms with van der Waals surface area (Å²) in [7, 11) is 0. The van der Waals surface area contributed by atoms with Crippen LogP contribution in [-0.2, 0) is 11.3 Å². The molecule has 0 aromatic heterocycles. The van der Waals surface area contributed by atoms with Crippen LogP contribution in [0.1, 0.15) is 18.1 Å². The van der Waals surface area contributed by atoms with Crippen molar-refractivity contribution < 1.29 is 19.0 Å². The third-order valence-corrected chi connectivity index (χ3v) is 3.70. The van der Waals surface area contributed by atoms with E-state index in [1.807, 2.05) is 48.5 Å². The van der Waals surface area contributed by atoms with Crippen LogP contribution >= 0.6 is 0 Å². The van der Waals surface area contributed by atoms with E-state index in [4.69, 9.17) is 14.2 Å². The number of carbonyl (C=O) groups excluding carboxylic acids is 1. The molecule has 1 aliphatic rings. The normalized spacial score (nSPS) is 11.9. The molecular formula is C19H19NO4. The largest absolute Gasteiger partial charge is 0.454 e. The number of amides is 1. The fraction of sp³-hybridized carbons (Fsp3) is 0.211. The first-order chi connectivity index (χ1) is 11.7. The van der Waals surface area contributed by atoms with Gasteiger partial charge in [-0.15, -0.1) is 0 Å². The molecule has 0 fully saturated rings. The van der Waals surface area contributed by atoms with Gasteiger partial charge in [0.1, 0.15) is 0 Å². The van der Waals surface area contributed by atoms with Crippen molar-refractivity contribution in [3.05, 3.63) is 66.2 Å². The van der Waals surface area contributed by atoms with Gasteiger partial charge < -0.3 is 14.2 Å². The fourth-order valence-corrected chi connectivity index (χ4v) is 2.47. The molecule has 0 N–H and O–H groups in total. The molecule has 0 bridgehead atoms. The van der Waals surface area contributed by atoms with Crippen LogP contribution in [0.15, 0.2) is 55.1 Å².